The van der Waals surface area contributed by atoms with Crippen molar-refractivity contribution in [3.05, 3.63) is 22.1 Å². The Hall–Kier alpha value is -2.00. The normalized spacial score (nSPS) is 19.0. The molecule has 128 valence electrons. The number of nitrogens with zero attached hydrogens (tertiary/aromatic N) is 5. The fourth-order valence-corrected chi connectivity index (χ4v) is 3.99. The first kappa shape index (κ1) is 15.5. The Bertz CT molecular complexity index is 805. The van der Waals surface area contributed by atoms with E-state index in [0.717, 1.165) is 31.1 Å². The van der Waals surface area contributed by atoms with Gasteiger partial charge in [0.2, 0.25) is 10.1 Å². The molecule has 9 heteroatoms. The summed E-state index contributed by atoms with van der Waals surface area (Å²) in [6, 6.07) is 0. The van der Waals surface area contributed by atoms with E-state index in [1.165, 1.54) is 28.5 Å². The lowest BCUT2D eigenvalue weighted by molar-refractivity contribution is 0.0301. The van der Waals surface area contributed by atoms with Crippen LogP contribution in [0.2, 0.25) is 0 Å². The summed E-state index contributed by atoms with van der Waals surface area (Å²) >= 11 is 1.40. The standard InChI is InChI=1S/C15H19N5O3S/c21-12(18-6-8-23-9-7-18)11-10-16-14-20(13(11)22)17-15(24-14)19-4-2-1-3-5-19/h10H,1-9H2. The van der Waals surface area contributed by atoms with E-state index in [1.807, 2.05) is 0 Å². The predicted molar refractivity (Wildman–Crippen MR) is 89.9 cm³/mol. The molecule has 2 aromatic rings. The Balaban J connectivity index is 1.66. The molecule has 2 aliphatic rings. The largest absolute Gasteiger partial charge is 0.378 e. The third kappa shape index (κ3) is 2.78. The number of anilines is 1. The topological polar surface area (TPSA) is 80.0 Å². The van der Waals surface area contributed by atoms with Crippen LogP contribution in [0.5, 0.6) is 0 Å². The van der Waals surface area contributed by atoms with Gasteiger partial charge in [-0.25, -0.2) is 4.98 Å². The van der Waals surface area contributed by atoms with Gasteiger partial charge in [-0.1, -0.05) is 11.3 Å². The predicted octanol–water partition coefficient (Wildman–Crippen LogP) is 0.614. The molecular formula is C15H19N5O3S. The first-order valence-corrected chi connectivity index (χ1v) is 9.06. The van der Waals surface area contributed by atoms with Gasteiger partial charge in [-0.05, 0) is 19.3 Å². The fourth-order valence-electron chi connectivity index (χ4n) is 3.07. The van der Waals surface area contributed by atoms with Crippen molar-refractivity contribution in [3.8, 4) is 0 Å². The van der Waals surface area contributed by atoms with Gasteiger partial charge in [0.25, 0.3) is 11.5 Å². The average Bonchev–Trinajstić information content (AvgIpc) is 3.08. The van der Waals surface area contributed by atoms with Gasteiger partial charge in [-0.3, -0.25) is 9.59 Å². The first-order valence-electron chi connectivity index (χ1n) is 8.25. The Morgan fingerprint density at radius 1 is 1.12 bits per heavy atom. The van der Waals surface area contributed by atoms with Crippen LogP contribution in [0.15, 0.2) is 11.0 Å². The van der Waals surface area contributed by atoms with Crippen LogP contribution in [0.25, 0.3) is 4.96 Å². The molecule has 4 heterocycles. The van der Waals surface area contributed by atoms with Gasteiger partial charge in [0.15, 0.2) is 0 Å². The highest BCUT2D eigenvalue weighted by atomic mass is 32.1. The van der Waals surface area contributed by atoms with Crippen molar-refractivity contribution in [1.82, 2.24) is 19.5 Å². The molecule has 0 saturated carbocycles. The van der Waals surface area contributed by atoms with Gasteiger partial charge in [0.1, 0.15) is 5.56 Å². The molecule has 4 rings (SSSR count). The maximum absolute atomic E-state index is 12.7. The average molecular weight is 349 g/mol. The number of hydrogen-bond donors (Lipinski definition) is 0. The van der Waals surface area contributed by atoms with E-state index in [-0.39, 0.29) is 11.5 Å². The van der Waals surface area contributed by atoms with Crippen molar-refractivity contribution in [2.45, 2.75) is 19.3 Å². The molecule has 1 amide bonds. The van der Waals surface area contributed by atoms with Crippen LogP contribution >= 0.6 is 11.3 Å². The minimum absolute atomic E-state index is 0.0740. The number of piperidine rings is 1. The Kier molecular flexibility index (Phi) is 4.19. The van der Waals surface area contributed by atoms with Crippen LogP contribution in [0.4, 0.5) is 5.13 Å². The summed E-state index contributed by atoms with van der Waals surface area (Å²) in [6.45, 7) is 3.90. The molecule has 0 unspecified atom stereocenters. The van der Waals surface area contributed by atoms with E-state index in [9.17, 15) is 9.59 Å². The van der Waals surface area contributed by atoms with E-state index in [4.69, 9.17) is 4.74 Å². The van der Waals surface area contributed by atoms with Gasteiger partial charge in [-0.15, -0.1) is 5.10 Å². The van der Waals surface area contributed by atoms with Crippen molar-refractivity contribution in [2.75, 3.05) is 44.3 Å². The summed E-state index contributed by atoms with van der Waals surface area (Å²) in [7, 11) is 0. The second-order valence-corrected chi connectivity index (χ2v) is 6.94. The summed E-state index contributed by atoms with van der Waals surface area (Å²) in [6.07, 6.45) is 4.89. The summed E-state index contributed by atoms with van der Waals surface area (Å²) in [5.74, 6) is -0.294. The Morgan fingerprint density at radius 2 is 1.88 bits per heavy atom. The third-order valence-electron chi connectivity index (χ3n) is 4.43. The molecule has 0 atom stereocenters. The summed E-state index contributed by atoms with van der Waals surface area (Å²) in [5, 5.41) is 5.22. The smallest absolute Gasteiger partial charge is 0.288 e. The SMILES string of the molecule is O=C(c1cnc2sc(N3CCCCC3)nn2c1=O)N1CCOCC1. The minimum atomic E-state index is -0.393. The van der Waals surface area contributed by atoms with E-state index in [0.29, 0.717) is 31.3 Å². The highest BCUT2D eigenvalue weighted by Crippen LogP contribution is 2.24. The summed E-state index contributed by atoms with van der Waals surface area (Å²) in [5.41, 5.74) is -0.319. The zero-order chi connectivity index (χ0) is 16.5. The minimum Gasteiger partial charge on any atom is -0.378 e. The summed E-state index contributed by atoms with van der Waals surface area (Å²) in [4.78, 5) is 33.9. The van der Waals surface area contributed by atoms with Gasteiger partial charge in [-0.2, -0.15) is 4.52 Å². The van der Waals surface area contributed by atoms with Crippen molar-refractivity contribution in [1.29, 1.82) is 0 Å². The number of fused-ring (bicyclic) bond motifs is 1. The number of amides is 1. The molecule has 0 N–H and O–H groups in total. The lowest BCUT2D eigenvalue weighted by Gasteiger charge is -2.26. The van der Waals surface area contributed by atoms with Crippen LogP contribution in [-0.2, 0) is 4.74 Å². The molecule has 2 aromatic heterocycles. The molecule has 24 heavy (non-hydrogen) atoms. The molecular weight excluding hydrogens is 330 g/mol. The molecule has 2 aliphatic heterocycles. The zero-order valence-corrected chi connectivity index (χ0v) is 14.1. The highest BCUT2D eigenvalue weighted by Gasteiger charge is 2.24. The zero-order valence-electron chi connectivity index (χ0n) is 13.3. The Morgan fingerprint density at radius 3 is 2.62 bits per heavy atom. The number of rotatable bonds is 2. The number of carbonyl (C=O) groups excluding carboxylic acids is 1. The van der Waals surface area contributed by atoms with Crippen LogP contribution in [0.3, 0.4) is 0 Å². The molecule has 0 aromatic carbocycles. The lowest BCUT2D eigenvalue weighted by Crippen LogP contribution is -2.43. The second kappa shape index (κ2) is 6.48. The maximum Gasteiger partial charge on any atom is 0.288 e. The summed E-state index contributed by atoms with van der Waals surface area (Å²) < 4.78 is 6.51. The molecule has 0 bridgehead atoms. The van der Waals surface area contributed by atoms with E-state index in [1.54, 1.807) is 4.90 Å². The highest BCUT2D eigenvalue weighted by molar-refractivity contribution is 7.20. The van der Waals surface area contributed by atoms with Crippen LogP contribution < -0.4 is 10.5 Å². The van der Waals surface area contributed by atoms with Gasteiger partial charge >= 0.3 is 0 Å². The maximum atomic E-state index is 12.7. The van der Waals surface area contributed by atoms with Crippen LogP contribution in [0, 0.1) is 0 Å². The first-order chi connectivity index (χ1) is 11.7. The van der Waals surface area contributed by atoms with Gasteiger partial charge in [0.05, 0.1) is 13.2 Å². The third-order valence-corrected chi connectivity index (χ3v) is 5.41. The molecule has 0 aliphatic carbocycles. The fraction of sp³-hybridized carbons (Fsp3) is 0.600. The van der Waals surface area contributed by atoms with E-state index in [2.05, 4.69) is 15.0 Å². The lowest BCUT2D eigenvalue weighted by atomic mass is 10.1. The number of aromatic nitrogens is 3. The van der Waals surface area contributed by atoms with Crippen LogP contribution in [0.1, 0.15) is 29.6 Å². The van der Waals surface area contributed by atoms with Crippen molar-refractivity contribution in [3.63, 3.8) is 0 Å². The van der Waals surface area contributed by atoms with Crippen molar-refractivity contribution in [2.24, 2.45) is 0 Å². The Labute approximate surface area is 142 Å². The second-order valence-electron chi connectivity index (χ2n) is 6.01. The van der Waals surface area contributed by atoms with Gasteiger partial charge in [0, 0.05) is 32.4 Å². The van der Waals surface area contributed by atoms with E-state index < -0.39 is 5.56 Å². The number of ether oxygens (including phenoxy) is 1. The molecule has 0 radical (unpaired) electrons. The van der Waals surface area contributed by atoms with Crippen molar-refractivity contribution < 1.29 is 9.53 Å². The van der Waals surface area contributed by atoms with Crippen LogP contribution in [-0.4, -0.2) is 64.8 Å². The number of morpholine rings is 1. The molecule has 2 fully saturated rings. The molecule has 8 nitrogen and oxygen atoms in total. The number of hydrogen-bond acceptors (Lipinski definition) is 7. The number of carbonyl (C=O) groups is 1. The molecule has 0 spiro atoms. The monoisotopic (exact) mass is 349 g/mol. The van der Waals surface area contributed by atoms with Crippen molar-refractivity contribution >= 4 is 27.3 Å². The van der Waals surface area contributed by atoms with Gasteiger partial charge < -0.3 is 14.5 Å². The quantitative estimate of drug-likeness (QED) is 0.790. The molecule has 2 saturated heterocycles. The van der Waals surface area contributed by atoms with E-state index >= 15 is 0 Å².